The van der Waals surface area contributed by atoms with E-state index >= 15 is 0 Å². The molecule has 3 N–H and O–H groups in total. The topological polar surface area (TPSA) is 78.9 Å². The quantitative estimate of drug-likeness (QED) is 0.574. The molecule has 6 nitrogen and oxygen atoms in total. The number of hydrogen-bond donors (Lipinski definition) is 3. The molecule has 3 aromatic rings. The highest BCUT2D eigenvalue weighted by Crippen LogP contribution is 2.26. The lowest BCUT2D eigenvalue weighted by atomic mass is 10.1. The van der Waals surface area contributed by atoms with E-state index in [-0.39, 0.29) is 5.91 Å². The molecule has 1 amide bonds. The Bertz CT molecular complexity index is 1010. The summed E-state index contributed by atoms with van der Waals surface area (Å²) in [6.07, 6.45) is 0. The number of carbonyl (C=O) groups is 1. The minimum atomic E-state index is -0.106. The van der Waals surface area contributed by atoms with Gasteiger partial charge in [-0.05, 0) is 57.0 Å². The SMILES string of the molecule is CC(=O)Nc1cccc(Nc2cc(C)nc(Nc3c(C)cc(C)cc3C)n2)c1. The summed E-state index contributed by atoms with van der Waals surface area (Å²) in [4.78, 5) is 20.4. The Morgan fingerprint density at radius 3 is 2.21 bits per heavy atom. The number of benzene rings is 2. The standard InChI is InChI=1S/C22H25N5O/c1-13-9-14(2)21(15(3)10-13)27-22-23-16(4)11-20(26-22)25-19-8-6-7-18(12-19)24-17(5)28/h6-12H,1-5H3,(H,24,28)(H2,23,25,26,27). The van der Waals surface area contributed by atoms with Gasteiger partial charge in [-0.3, -0.25) is 4.79 Å². The molecule has 1 aromatic heterocycles. The Morgan fingerprint density at radius 1 is 0.857 bits per heavy atom. The third-order valence-electron chi connectivity index (χ3n) is 4.22. The number of hydrogen-bond acceptors (Lipinski definition) is 5. The number of nitrogens with zero attached hydrogens (tertiary/aromatic N) is 2. The first-order chi connectivity index (χ1) is 13.3. The van der Waals surface area contributed by atoms with Gasteiger partial charge in [-0.1, -0.05) is 23.8 Å². The van der Waals surface area contributed by atoms with Crippen LogP contribution in [0.3, 0.4) is 0 Å². The zero-order valence-electron chi connectivity index (χ0n) is 16.8. The van der Waals surface area contributed by atoms with Crippen molar-refractivity contribution < 1.29 is 4.79 Å². The maximum atomic E-state index is 11.3. The smallest absolute Gasteiger partial charge is 0.229 e. The number of rotatable bonds is 5. The highest BCUT2D eigenvalue weighted by Gasteiger charge is 2.08. The van der Waals surface area contributed by atoms with E-state index in [0.29, 0.717) is 11.8 Å². The number of aromatic nitrogens is 2. The number of amides is 1. The average Bonchev–Trinajstić information content (AvgIpc) is 2.57. The summed E-state index contributed by atoms with van der Waals surface area (Å²) in [5.74, 6) is 1.11. The number of nitrogens with one attached hydrogen (secondary N) is 3. The van der Waals surface area contributed by atoms with Gasteiger partial charge in [0, 0.05) is 35.7 Å². The third kappa shape index (κ3) is 4.85. The van der Waals surface area contributed by atoms with E-state index in [9.17, 15) is 4.79 Å². The Labute approximate surface area is 165 Å². The first-order valence-electron chi connectivity index (χ1n) is 9.15. The molecule has 0 aliphatic carbocycles. The summed E-state index contributed by atoms with van der Waals surface area (Å²) in [6.45, 7) is 9.65. The van der Waals surface area contributed by atoms with Crippen molar-refractivity contribution >= 4 is 34.7 Å². The summed E-state index contributed by atoms with van der Waals surface area (Å²) in [6, 6.07) is 13.7. The minimum absolute atomic E-state index is 0.106. The maximum absolute atomic E-state index is 11.3. The predicted octanol–water partition coefficient (Wildman–Crippen LogP) is 5.16. The Balaban J connectivity index is 1.85. The molecule has 0 unspecified atom stereocenters. The lowest BCUT2D eigenvalue weighted by molar-refractivity contribution is -0.114. The van der Waals surface area contributed by atoms with E-state index < -0.39 is 0 Å². The van der Waals surface area contributed by atoms with Crippen LogP contribution in [-0.4, -0.2) is 15.9 Å². The first kappa shape index (κ1) is 19.4. The van der Waals surface area contributed by atoms with Gasteiger partial charge in [-0.2, -0.15) is 4.98 Å². The zero-order valence-corrected chi connectivity index (χ0v) is 16.8. The van der Waals surface area contributed by atoms with Gasteiger partial charge in [-0.25, -0.2) is 4.98 Å². The Morgan fingerprint density at radius 2 is 1.54 bits per heavy atom. The van der Waals surface area contributed by atoms with Crippen molar-refractivity contribution in [3.63, 3.8) is 0 Å². The van der Waals surface area contributed by atoms with Gasteiger partial charge < -0.3 is 16.0 Å². The molecule has 6 heteroatoms. The van der Waals surface area contributed by atoms with Crippen LogP contribution in [0.25, 0.3) is 0 Å². The number of aryl methyl sites for hydroxylation is 4. The second kappa shape index (κ2) is 8.08. The van der Waals surface area contributed by atoms with Crippen LogP contribution in [0, 0.1) is 27.7 Å². The molecule has 0 fully saturated rings. The normalized spacial score (nSPS) is 10.5. The van der Waals surface area contributed by atoms with Crippen LogP contribution >= 0.6 is 0 Å². The molecule has 28 heavy (non-hydrogen) atoms. The van der Waals surface area contributed by atoms with Gasteiger partial charge in [0.2, 0.25) is 11.9 Å². The Kier molecular flexibility index (Phi) is 5.59. The average molecular weight is 375 g/mol. The molecule has 0 radical (unpaired) electrons. The van der Waals surface area contributed by atoms with Crippen LogP contribution in [0.15, 0.2) is 42.5 Å². The molecule has 0 bridgehead atoms. The second-order valence-electron chi connectivity index (χ2n) is 7.00. The van der Waals surface area contributed by atoms with Gasteiger partial charge in [0.05, 0.1) is 0 Å². The fourth-order valence-corrected chi connectivity index (χ4v) is 3.20. The summed E-state index contributed by atoms with van der Waals surface area (Å²) in [5.41, 5.74) is 6.97. The van der Waals surface area contributed by atoms with Crippen LogP contribution in [0.1, 0.15) is 29.3 Å². The van der Waals surface area contributed by atoms with Crippen LogP contribution in [-0.2, 0) is 4.79 Å². The summed E-state index contributed by atoms with van der Waals surface area (Å²) >= 11 is 0. The van der Waals surface area contributed by atoms with Crippen molar-refractivity contribution in [2.75, 3.05) is 16.0 Å². The monoisotopic (exact) mass is 375 g/mol. The van der Waals surface area contributed by atoms with Crippen molar-refractivity contribution in [2.24, 2.45) is 0 Å². The molecule has 2 aromatic carbocycles. The van der Waals surface area contributed by atoms with Crippen molar-refractivity contribution in [1.29, 1.82) is 0 Å². The molecule has 144 valence electrons. The first-order valence-corrected chi connectivity index (χ1v) is 9.15. The largest absolute Gasteiger partial charge is 0.340 e. The summed E-state index contributed by atoms with van der Waals surface area (Å²) in [5, 5.41) is 9.41. The molecule has 0 saturated carbocycles. The number of anilines is 5. The molecule has 0 aliphatic rings. The van der Waals surface area contributed by atoms with Crippen LogP contribution in [0.4, 0.5) is 28.8 Å². The zero-order chi connectivity index (χ0) is 20.3. The van der Waals surface area contributed by atoms with Gasteiger partial charge in [0.1, 0.15) is 5.82 Å². The van der Waals surface area contributed by atoms with Crippen molar-refractivity contribution in [1.82, 2.24) is 9.97 Å². The highest BCUT2D eigenvalue weighted by atomic mass is 16.1. The summed E-state index contributed by atoms with van der Waals surface area (Å²) < 4.78 is 0. The highest BCUT2D eigenvalue weighted by molar-refractivity contribution is 5.89. The van der Waals surface area contributed by atoms with Crippen molar-refractivity contribution in [2.45, 2.75) is 34.6 Å². The minimum Gasteiger partial charge on any atom is -0.340 e. The van der Waals surface area contributed by atoms with Gasteiger partial charge in [-0.15, -0.1) is 0 Å². The molecule has 1 heterocycles. The Hall–Kier alpha value is -3.41. The molecular weight excluding hydrogens is 350 g/mol. The molecule has 0 atom stereocenters. The molecule has 0 aliphatic heterocycles. The molecule has 3 rings (SSSR count). The van der Waals surface area contributed by atoms with Crippen LogP contribution in [0.5, 0.6) is 0 Å². The van der Waals surface area contributed by atoms with Crippen molar-refractivity contribution in [3.8, 4) is 0 Å². The summed E-state index contributed by atoms with van der Waals surface area (Å²) in [7, 11) is 0. The predicted molar refractivity (Wildman–Crippen MR) is 115 cm³/mol. The molecule has 0 spiro atoms. The van der Waals surface area contributed by atoms with Crippen LogP contribution in [0.2, 0.25) is 0 Å². The second-order valence-corrected chi connectivity index (χ2v) is 7.00. The molecule has 0 saturated heterocycles. The third-order valence-corrected chi connectivity index (χ3v) is 4.22. The lowest BCUT2D eigenvalue weighted by Crippen LogP contribution is -2.06. The van der Waals surface area contributed by atoms with Crippen LogP contribution < -0.4 is 16.0 Å². The van der Waals surface area contributed by atoms with Crippen molar-refractivity contribution in [3.05, 3.63) is 64.8 Å². The van der Waals surface area contributed by atoms with Gasteiger partial charge in [0.15, 0.2) is 0 Å². The van der Waals surface area contributed by atoms with E-state index in [2.05, 4.69) is 58.8 Å². The fraction of sp³-hybridized carbons (Fsp3) is 0.227. The van der Waals surface area contributed by atoms with Gasteiger partial charge >= 0.3 is 0 Å². The number of carbonyl (C=O) groups excluding carboxylic acids is 1. The molecular formula is C22H25N5O. The van der Waals surface area contributed by atoms with E-state index in [0.717, 1.165) is 33.9 Å². The maximum Gasteiger partial charge on any atom is 0.229 e. The van der Waals surface area contributed by atoms with E-state index in [1.807, 2.05) is 37.3 Å². The fourth-order valence-electron chi connectivity index (χ4n) is 3.20. The van der Waals surface area contributed by atoms with E-state index in [1.54, 1.807) is 0 Å². The lowest BCUT2D eigenvalue weighted by Gasteiger charge is -2.14. The van der Waals surface area contributed by atoms with Gasteiger partial charge in [0.25, 0.3) is 0 Å². The van der Waals surface area contributed by atoms with E-state index in [1.165, 1.54) is 12.5 Å². The van der Waals surface area contributed by atoms with E-state index in [4.69, 9.17) is 0 Å².